The number of ether oxygens (including phenoxy) is 2. The quantitative estimate of drug-likeness (QED) is 0.505. The molecule has 2 aromatic carbocycles. The van der Waals surface area contributed by atoms with Gasteiger partial charge in [-0.3, -0.25) is 4.98 Å². The Morgan fingerprint density at radius 3 is 2.42 bits per heavy atom. The van der Waals surface area contributed by atoms with Gasteiger partial charge in [-0.2, -0.15) is 0 Å². The molecule has 0 saturated heterocycles. The molecule has 0 amide bonds. The number of hydrogen-bond donors (Lipinski definition) is 1. The van der Waals surface area contributed by atoms with Crippen LogP contribution in [0.15, 0.2) is 70.7 Å². The lowest BCUT2D eigenvalue weighted by Gasteiger charge is -2.20. The summed E-state index contributed by atoms with van der Waals surface area (Å²) in [7, 11) is -8.18. The SMILES string of the molecule is Cc1cc(S(=O)(=O)C(CNS(=O)(=O)c2ccc3c(c2)OCCO3)c2cccnc2)ccc1F. The van der Waals surface area contributed by atoms with Crippen molar-refractivity contribution in [1.82, 2.24) is 9.71 Å². The fraction of sp³-hybridized carbons (Fsp3) is 0.227. The molecule has 4 rings (SSSR count). The number of aromatic nitrogens is 1. The fourth-order valence-electron chi connectivity index (χ4n) is 3.39. The van der Waals surface area contributed by atoms with E-state index in [1.165, 1.54) is 43.6 Å². The van der Waals surface area contributed by atoms with Crippen LogP contribution in [0.2, 0.25) is 0 Å². The van der Waals surface area contributed by atoms with Crippen molar-refractivity contribution in [3.63, 3.8) is 0 Å². The lowest BCUT2D eigenvalue weighted by molar-refractivity contribution is 0.171. The molecule has 2 heterocycles. The van der Waals surface area contributed by atoms with Crippen LogP contribution in [0.4, 0.5) is 4.39 Å². The first-order valence-corrected chi connectivity index (χ1v) is 13.0. The van der Waals surface area contributed by atoms with Gasteiger partial charge in [-0.05, 0) is 54.4 Å². The fourth-order valence-corrected chi connectivity index (χ4v) is 6.29. The molecule has 3 aromatic rings. The van der Waals surface area contributed by atoms with E-state index in [1.54, 1.807) is 12.1 Å². The maximum atomic E-state index is 13.7. The summed E-state index contributed by atoms with van der Waals surface area (Å²) in [6.07, 6.45) is 2.84. The third kappa shape index (κ3) is 4.85. The summed E-state index contributed by atoms with van der Waals surface area (Å²) in [5.74, 6) is 0.191. The highest BCUT2D eigenvalue weighted by atomic mass is 32.2. The van der Waals surface area contributed by atoms with Crippen LogP contribution in [0.5, 0.6) is 11.5 Å². The Kier molecular flexibility index (Phi) is 6.37. The van der Waals surface area contributed by atoms with E-state index >= 15 is 0 Å². The van der Waals surface area contributed by atoms with Crippen LogP contribution in [0.3, 0.4) is 0 Å². The second kappa shape index (κ2) is 9.08. The molecule has 1 atom stereocenters. The Labute approximate surface area is 191 Å². The zero-order valence-corrected chi connectivity index (χ0v) is 19.2. The molecule has 0 radical (unpaired) electrons. The van der Waals surface area contributed by atoms with Gasteiger partial charge >= 0.3 is 0 Å². The second-order valence-corrected chi connectivity index (χ2v) is 11.3. The lowest BCUT2D eigenvalue weighted by Crippen LogP contribution is -2.32. The van der Waals surface area contributed by atoms with Crippen LogP contribution < -0.4 is 14.2 Å². The molecular formula is C22H21FN2O6S2. The second-order valence-electron chi connectivity index (χ2n) is 7.39. The number of pyridine rings is 1. The Morgan fingerprint density at radius 2 is 1.73 bits per heavy atom. The van der Waals surface area contributed by atoms with E-state index in [0.29, 0.717) is 30.3 Å². The Balaban J connectivity index is 1.66. The average Bonchev–Trinajstić information content (AvgIpc) is 2.81. The van der Waals surface area contributed by atoms with Gasteiger partial charge in [-0.1, -0.05) is 6.07 Å². The maximum Gasteiger partial charge on any atom is 0.240 e. The highest BCUT2D eigenvalue weighted by Crippen LogP contribution is 2.33. The van der Waals surface area contributed by atoms with E-state index in [4.69, 9.17) is 9.47 Å². The minimum absolute atomic E-state index is 0.0910. The Morgan fingerprint density at radius 1 is 1.00 bits per heavy atom. The van der Waals surface area contributed by atoms with Gasteiger partial charge in [0.2, 0.25) is 10.0 Å². The van der Waals surface area contributed by atoms with Crippen LogP contribution in [-0.2, 0) is 19.9 Å². The molecule has 1 aromatic heterocycles. The van der Waals surface area contributed by atoms with Crippen LogP contribution >= 0.6 is 0 Å². The normalized spacial score (nSPS) is 14.6. The molecule has 11 heteroatoms. The van der Waals surface area contributed by atoms with Gasteiger partial charge in [-0.15, -0.1) is 0 Å². The van der Waals surface area contributed by atoms with Gasteiger partial charge in [-0.25, -0.2) is 25.9 Å². The number of hydrogen-bond acceptors (Lipinski definition) is 7. The molecule has 1 aliphatic heterocycles. The highest BCUT2D eigenvalue weighted by Gasteiger charge is 2.32. The summed E-state index contributed by atoms with van der Waals surface area (Å²) >= 11 is 0. The topological polar surface area (TPSA) is 112 Å². The molecule has 1 aliphatic rings. The minimum atomic E-state index is -4.09. The van der Waals surface area contributed by atoms with Gasteiger partial charge < -0.3 is 9.47 Å². The van der Waals surface area contributed by atoms with Gasteiger partial charge in [0.05, 0.1) is 9.79 Å². The summed E-state index contributed by atoms with van der Waals surface area (Å²) in [6, 6.07) is 10.7. The van der Waals surface area contributed by atoms with Crippen LogP contribution in [-0.4, -0.2) is 41.6 Å². The van der Waals surface area contributed by atoms with Crippen molar-refractivity contribution in [2.45, 2.75) is 22.0 Å². The number of aryl methyl sites for hydroxylation is 1. The van der Waals surface area contributed by atoms with Crippen molar-refractivity contribution >= 4 is 19.9 Å². The van der Waals surface area contributed by atoms with Gasteiger partial charge in [0, 0.05) is 25.0 Å². The number of sulfone groups is 1. The molecular weight excluding hydrogens is 471 g/mol. The van der Waals surface area contributed by atoms with E-state index in [9.17, 15) is 21.2 Å². The summed E-state index contributed by atoms with van der Waals surface area (Å²) < 4.78 is 79.7. The monoisotopic (exact) mass is 492 g/mol. The lowest BCUT2D eigenvalue weighted by atomic mass is 10.2. The first-order chi connectivity index (χ1) is 15.7. The van der Waals surface area contributed by atoms with E-state index in [2.05, 4.69) is 9.71 Å². The Hall–Kier alpha value is -3.02. The number of nitrogens with zero attached hydrogens (tertiary/aromatic N) is 1. The summed E-state index contributed by atoms with van der Waals surface area (Å²) in [5, 5.41) is -1.29. The number of fused-ring (bicyclic) bond motifs is 1. The largest absolute Gasteiger partial charge is 0.486 e. The predicted octanol–water partition coefficient (Wildman–Crippen LogP) is 2.79. The first-order valence-electron chi connectivity index (χ1n) is 9.98. The maximum absolute atomic E-state index is 13.7. The van der Waals surface area contributed by atoms with Gasteiger partial charge in [0.25, 0.3) is 0 Å². The highest BCUT2D eigenvalue weighted by molar-refractivity contribution is 7.92. The van der Waals surface area contributed by atoms with Crippen LogP contribution in [0, 0.1) is 12.7 Å². The summed E-state index contributed by atoms with van der Waals surface area (Å²) in [6.45, 7) is 1.66. The zero-order chi connectivity index (χ0) is 23.6. The summed E-state index contributed by atoms with van der Waals surface area (Å²) in [4.78, 5) is 3.76. The molecule has 174 valence electrons. The molecule has 1 unspecified atom stereocenters. The van der Waals surface area contributed by atoms with Crippen LogP contribution in [0.1, 0.15) is 16.4 Å². The minimum Gasteiger partial charge on any atom is -0.486 e. The molecule has 0 saturated carbocycles. The summed E-state index contributed by atoms with van der Waals surface area (Å²) in [5.41, 5.74) is 0.460. The van der Waals surface area contributed by atoms with E-state index < -0.39 is 37.5 Å². The third-order valence-corrected chi connectivity index (χ3v) is 8.69. The Bertz CT molecular complexity index is 1380. The van der Waals surface area contributed by atoms with Gasteiger partial charge in [0.15, 0.2) is 21.3 Å². The van der Waals surface area contributed by atoms with Crippen LogP contribution in [0.25, 0.3) is 0 Å². The predicted molar refractivity (Wildman–Crippen MR) is 118 cm³/mol. The first kappa shape index (κ1) is 23.1. The molecule has 0 aliphatic carbocycles. The van der Waals surface area contributed by atoms with Crippen molar-refractivity contribution in [3.8, 4) is 11.5 Å². The molecule has 1 N–H and O–H groups in total. The molecule has 33 heavy (non-hydrogen) atoms. The standard InChI is InChI=1S/C22H21FN2O6S2/c1-15-11-17(4-6-19(15)23)32(26,27)22(16-3-2-8-24-13-16)14-25-33(28,29)18-5-7-20-21(12-18)31-10-9-30-20/h2-8,11-13,22,25H,9-10,14H2,1H3. The molecule has 0 bridgehead atoms. The van der Waals surface area contributed by atoms with E-state index in [-0.39, 0.29) is 15.4 Å². The third-order valence-electron chi connectivity index (χ3n) is 5.17. The van der Waals surface area contributed by atoms with Crippen molar-refractivity contribution in [2.75, 3.05) is 19.8 Å². The van der Waals surface area contributed by atoms with Crippen molar-refractivity contribution < 1.29 is 30.7 Å². The average molecular weight is 493 g/mol. The number of sulfonamides is 1. The van der Waals surface area contributed by atoms with E-state index in [1.807, 2.05) is 0 Å². The van der Waals surface area contributed by atoms with E-state index in [0.717, 1.165) is 12.1 Å². The van der Waals surface area contributed by atoms with Crippen molar-refractivity contribution in [3.05, 3.63) is 77.9 Å². The van der Waals surface area contributed by atoms with Gasteiger partial charge in [0.1, 0.15) is 24.3 Å². The number of nitrogens with one attached hydrogen (secondary N) is 1. The van der Waals surface area contributed by atoms with Crippen molar-refractivity contribution in [2.24, 2.45) is 0 Å². The number of benzene rings is 2. The number of halogens is 1. The zero-order valence-electron chi connectivity index (χ0n) is 17.6. The smallest absolute Gasteiger partial charge is 0.240 e. The molecule has 8 nitrogen and oxygen atoms in total. The van der Waals surface area contributed by atoms with Crippen molar-refractivity contribution in [1.29, 1.82) is 0 Å². The molecule has 0 fully saturated rings. The number of rotatable bonds is 7. The molecule has 0 spiro atoms.